The molecular weight excluding hydrogens is 222 g/mol. The Bertz CT molecular complexity index is 485. The van der Waals surface area contributed by atoms with Crippen LogP contribution in [0, 0.1) is 29.0 Å². The summed E-state index contributed by atoms with van der Waals surface area (Å²) in [5.74, 6) is 3.46. The average Bonchev–Trinajstić information content (AvgIpc) is 2.19. The van der Waals surface area contributed by atoms with E-state index < -0.39 is 17.6 Å². The van der Waals surface area contributed by atoms with Gasteiger partial charge < -0.3 is 0 Å². The second kappa shape index (κ2) is 4.67. The number of rotatable bonds is 0. The van der Waals surface area contributed by atoms with Gasteiger partial charge in [0.25, 0.3) is 0 Å². The highest BCUT2D eigenvalue weighted by Crippen LogP contribution is 2.32. The molecule has 0 fully saturated rings. The topological polar surface area (TPSA) is 23.8 Å². The van der Waals surface area contributed by atoms with Crippen LogP contribution >= 0.6 is 0 Å². The first-order valence-corrected chi connectivity index (χ1v) is 4.17. The largest absolute Gasteiger partial charge is 0.417 e. The smallest absolute Gasteiger partial charge is 0.207 e. The van der Waals surface area contributed by atoms with E-state index >= 15 is 0 Å². The van der Waals surface area contributed by atoms with Crippen LogP contribution in [0.5, 0.6) is 0 Å². The molecule has 0 spiro atoms. The van der Waals surface area contributed by atoms with Crippen molar-refractivity contribution in [3.05, 3.63) is 35.1 Å². The van der Waals surface area contributed by atoms with Gasteiger partial charge >= 0.3 is 6.18 Å². The van der Waals surface area contributed by atoms with Gasteiger partial charge in [0, 0.05) is 5.56 Å². The van der Waals surface area contributed by atoms with Crippen molar-refractivity contribution in [2.45, 2.75) is 12.6 Å². The van der Waals surface area contributed by atoms with Gasteiger partial charge in [-0.15, -0.1) is 0 Å². The minimum absolute atomic E-state index is 0.172. The number of hydrogen-bond donors (Lipinski definition) is 0. The van der Waals surface area contributed by atoms with E-state index in [1.165, 1.54) is 0 Å². The Morgan fingerprint density at radius 3 is 2.50 bits per heavy atom. The van der Waals surface area contributed by atoms with Crippen molar-refractivity contribution >= 4 is 0 Å². The highest BCUT2D eigenvalue weighted by Gasteiger charge is 2.33. The summed E-state index contributed by atoms with van der Waals surface area (Å²) in [5.41, 5.74) is -1.46. The van der Waals surface area contributed by atoms with Crippen LogP contribution < -0.4 is 0 Å². The molecule has 0 aliphatic heterocycles. The molecule has 0 heterocycles. The lowest BCUT2D eigenvalue weighted by atomic mass is 10.1. The number of nitriles is 1. The Labute approximate surface area is 89.3 Å². The van der Waals surface area contributed by atoms with Gasteiger partial charge in [0.05, 0.1) is 18.1 Å². The van der Waals surface area contributed by atoms with Gasteiger partial charge in [0.1, 0.15) is 5.82 Å². The molecule has 0 atom stereocenters. The fourth-order valence-electron chi connectivity index (χ4n) is 1.04. The number of alkyl halides is 3. The van der Waals surface area contributed by atoms with Crippen LogP contribution in [0.1, 0.15) is 17.5 Å². The maximum Gasteiger partial charge on any atom is 0.417 e. The van der Waals surface area contributed by atoms with E-state index in [0.717, 1.165) is 12.1 Å². The third-order valence-electron chi connectivity index (χ3n) is 1.68. The van der Waals surface area contributed by atoms with Crippen LogP contribution in [0.15, 0.2) is 18.2 Å². The molecule has 0 unspecified atom stereocenters. The molecule has 0 aliphatic rings. The molecular formula is C11H5F4N. The second-order valence-corrected chi connectivity index (χ2v) is 2.82. The van der Waals surface area contributed by atoms with Crippen LogP contribution in [-0.2, 0) is 6.18 Å². The van der Waals surface area contributed by atoms with Gasteiger partial charge in [-0.25, -0.2) is 4.39 Å². The minimum Gasteiger partial charge on any atom is -0.207 e. The fraction of sp³-hybridized carbons (Fsp3) is 0.182. The van der Waals surface area contributed by atoms with Gasteiger partial charge in [0.2, 0.25) is 0 Å². The SMILES string of the molecule is N#CCC#Cc1ccc(F)cc1C(F)(F)F. The third-order valence-corrected chi connectivity index (χ3v) is 1.68. The second-order valence-electron chi connectivity index (χ2n) is 2.82. The number of halogens is 4. The van der Waals surface area contributed by atoms with Crippen molar-refractivity contribution in [2.75, 3.05) is 0 Å². The normalized spacial score (nSPS) is 10.2. The van der Waals surface area contributed by atoms with Crippen LogP contribution in [0.2, 0.25) is 0 Å². The summed E-state index contributed by atoms with van der Waals surface area (Å²) in [6.45, 7) is 0. The molecule has 0 amide bonds. The minimum atomic E-state index is -4.65. The zero-order chi connectivity index (χ0) is 12.2. The van der Waals surface area contributed by atoms with E-state index in [9.17, 15) is 17.6 Å². The van der Waals surface area contributed by atoms with E-state index in [2.05, 4.69) is 11.8 Å². The van der Waals surface area contributed by atoms with Crippen LogP contribution in [0.25, 0.3) is 0 Å². The monoisotopic (exact) mass is 227 g/mol. The zero-order valence-corrected chi connectivity index (χ0v) is 7.90. The lowest BCUT2D eigenvalue weighted by Gasteiger charge is -2.08. The molecule has 0 aliphatic carbocycles. The highest BCUT2D eigenvalue weighted by atomic mass is 19.4. The first kappa shape index (κ1) is 12.1. The molecule has 0 radical (unpaired) electrons. The summed E-state index contributed by atoms with van der Waals surface area (Å²) in [5, 5.41) is 8.18. The molecule has 0 bridgehead atoms. The molecule has 0 saturated heterocycles. The molecule has 0 saturated carbocycles. The molecule has 16 heavy (non-hydrogen) atoms. The molecule has 1 aromatic carbocycles. The number of benzene rings is 1. The maximum absolute atomic E-state index is 12.7. The van der Waals surface area contributed by atoms with Crippen molar-refractivity contribution in [1.29, 1.82) is 5.26 Å². The van der Waals surface area contributed by atoms with Crippen LogP contribution in [0.4, 0.5) is 17.6 Å². The Morgan fingerprint density at radius 2 is 1.94 bits per heavy atom. The molecule has 0 aromatic heterocycles. The molecule has 82 valence electrons. The Hall–Kier alpha value is -2.01. The summed E-state index contributed by atoms with van der Waals surface area (Å²) in [6.07, 6.45) is -4.83. The Balaban J connectivity index is 3.21. The van der Waals surface area contributed by atoms with E-state index in [-0.39, 0.29) is 12.0 Å². The summed E-state index contributed by atoms with van der Waals surface area (Å²) in [6, 6.07) is 3.91. The third kappa shape index (κ3) is 2.99. The molecule has 5 heteroatoms. The molecule has 1 aromatic rings. The van der Waals surface area contributed by atoms with Gasteiger partial charge in [-0.2, -0.15) is 18.4 Å². The fourth-order valence-corrected chi connectivity index (χ4v) is 1.04. The summed E-state index contributed by atoms with van der Waals surface area (Å²) in [7, 11) is 0. The Kier molecular flexibility index (Phi) is 3.52. The lowest BCUT2D eigenvalue weighted by molar-refractivity contribution is -0.137. The van der Waals surface area contributed by atoms with Crippen LogP contribution in [-0.4, -0.2) is 0 Å². The molecule has 1 rings (SSSR count). The van der Waals surface area contributed by atoms with E-state index in [1.807, 2.05) is 0 Å². The zero-order valence-electron chi connectivity index (χ0n) is 7.90. The van der Waals surface area contributed by atoms with Crippen molar-refractivity contribution in [3.8, 4) is 17.9 Å². The van der Waals surface area contributed by atoms with Gasteiger partial charge in [-0.05, 0) is 18.2 Å². The average molecular weight is 227 g/mol. The first-order valence-electron chi connectivity index (χ1n) is 4.17. The summed E-state index contributed by atoms with van der Waals surface area (Å²) >= 11 is 0. The van der Waals surface area contributed by atoms with E-state index in [0.29, 0.717) is 6.07 Å². The summed E-state index contributed by atoms with van der Waals surface area (Å²) in [4.78, 5) is 0. The van der Waals surface area contributed by atoms with Crippen molar-refractivity contribution in [3.63, 3.8) is 0 Å². The number of nitrogens with zero attached hydrogens (tertiary/aromatic N) is 1. The quantitative estimate of drug-likeness (QED) is 0.493. The molecule has 1 nitrogen and oxygen atoms in total. The first-order chi connectivity index (χ1) is 7.45. The van der Waals surface area contributed by atoms with Crippen LogP contribution in [0.3, 0.4) is 0 Å². The number of hydrogen-bond acceptors (Lipinski definition) is 1. The standard InChI is InChI=1S/C11H5F4N/c12-9-5-4-8(3-1-2-6-16)10(7-9)11(13,14)15/h4-5,7H,2H2. The van der Waals surface area contributed by atoms with Crippen molar-refractivity contribution < 1.29 is 17.6 Å². The van der Waals surface area contributed by atoms with Crippen molar-refractivity contribution in [2.24, 2.45) is 0 Å². The Morgan fingerprint density at radius 1 is 1.25 bits per heavy atom. The van der Waals surface area contributed by atoms with Gasteiger partial charge in [-0.1, -0.05) is 11.8 Å². The van der Waals surface area contributed by atoms with Crippen molar-refractivity contribution in [1.82, 2.24) is 0 Å². The van der Waals surface area contributed by atoms with E-state index in [4.69, 9.17) is 5.26 Å². The predicted molar refractivity (Wildman–Crippen MR) is 48.5 cm³/mol. The maximum atomic E-state index is 12.7. The lowest BCUT2D eigenvalue weighted by Crippen LogP contribution is -2.08. The predicted octanol–water partition coefficient (Wildman–Crippen LogP) is 3.11. The van der Waals surface area contributed by atoms with E-state index in [1.54, 1.807) is 6.07 Å². The van der Waals surface area contributed by atoms with Gasteiger partial charge in [0.15, 0.2) is 0 Å². The molecule has 0 N–H and O–H groups in total. The highest BCUT2D eigenvalue weighted by molar-refractivity contribution is 5.43. The summed E-state index contributed by atoms with van der Waals surface area (Å²) < 4.78 is 50.0. The van der Waals surface area contributed by atoms with Gasteiger partial charge in [-0.3, -0.25) is 0 Å².